The minimum Gasteiger partial charge on any atom is -0.463 e. The van der Waals surface area contributed by atoms with Crippen molar-refractivity contribution in [3.8, 4) is 0 Å². The second-order valence-corrected chi connectivity index (χ2v) is 9.16. The van der Waals surface area contributed by atoms with Gasteiger partial charge in [0.1, 0.15) is 11.6 Å². The number of carbonyl (C=O) groups is 3. The van der Waals surface area contributed by atoms with E-state index < -0.39 is 23.6 Å². The average molecular weight is 527 g/mol. The zero-order chi connectivity index (χ0) is 27.2. The Bertz CT molecular complexity index is 1220. The van der Waals surface area contributed by atoms with Gasteiger partial charge in [0.25, 0.3) is 5.91 Å². The molecular formula is C28H32F2N4O4. The molecule has 0 saturated carbocycles. The lowest BCUT2D eigenvalue weighted by Gasteiger charge is -2.38. The van der Waals surface area contributed by atoms with Crippen LogP contribution in [-0.4, -0.2) is 78.5 Å². The quantitative estimate of drug-likeness (QED) is 0.557. The molecule has 10 heteroatoms. The molecule has 1 N–H and O–H groups in total. The third-order valence-electron chi connectivity index (χ3n) is 6.81. The van der Waals surface area contributed by atoms with Gasteiger partial charge in [0.05, 0.1) is 23.8 Å². The molecule has 2 aliphatic rings. The fourth-order valence-corrected chi connectivity index (χ4v) is 4.91. The van der Waals surface area contributed by atoms with E-state index in [0.717, 1.165) is 0 Å². The van der Waals surface area contributed by atoms with Gasteiger partial charge in [0.15, 0.2) is 0 Å². The van der Waals surface area contributed by atoms with E-state index in [1.807, 2.05) is 6.92 Å². The molecule has 2 aliphatic heterocycles. The van der Waals surface area contributed by atoms with Gasteiger partial charge in [-0.25, -0.2) is 18.4 Å². The molecule has 1 saturated heterocycles. The molecule has 4 rings (SSSR count). The van der Waals surface area contributed by atoms with Crippen LogP contribution in [0.3, 0.4) is 0 Å². The minimum atomic E-state index is -0.800. The zero-order valence-electron chi connectivity index (χ0n) is 21.6. The Labute approximate surface area is 220 Å². The molecule has 0 unspecified atom stereocenters. The van der Waals surface area contributed by atoms with E-state index in [9.17, 15) is 23.2 Å². The predicted octanol–water partition coefficient (Wildman–Crippen LogP) is 3.72. The van der Waals surface area contributed by atoms with Crippen LogP contribution in [0.2, 0.25) is 0 Å². The number of amides is 3. The predicted molar refractivity (Wildman–Crippen MR) is 137 cm³/mol. The Morgan fingerprint density at radius 3 is 2.42 bits per heavy atom. The first-order valence-electron chi connectivity index (χ1n) is 12.8. The number of hydrogen-bond acceptors (Lipinski definition) is 5. The van der Waals surface area contributed by atoms with Gasteiger partial charge >= 0.3 is 12.0 Å². The van der Waals surface area contributed by atoms with Crippen LogP contribution in [0.4, 0.5) is 13.6 Å². The summed E-state index contributed by atoms with van der Waals surface area (Å²) in [5.41, 5.74) is 1.41. The van der Waals surface area contributed by atoms with Crippen molar-refractivity contribution in [2.75, 3.05) is 45.9 Å². The van der Waals surface area contributed by atoms with Crippen molar-refractivity contribution < 1.29 is 27.9 Å². The summed E-state index contributed by atoms with van der Waals surface area (Å²) in [5.74, 6) is -1.89. The molecule has 202 valence electrons. The molecule has 2 aromatic carbocycles. The number of nitrogens with one attached hydrogen (secondary N) is 1. The molecule has 0 aromatic heterocycles. The van der Waals surface area contributed by atoms with Gasteiger partial charge in [0, 0.05) is 45.0 Å². The van der Waals surface area contributed by atoms with Crippen LogP contribution in [0.15, 0.2) is 59.8 Å². The van der Waals surface area contributed by atoms with Crippen molar-refractivity contribution in [1.29, 1.82) is 0 Å². The highest BCUT2D eigenvalue weighted by molar-refractivity contribution is 5.95. The van der Waals surface area contributed by atoms with Gasteiger partial charge in [0.2, 0.25) is 0 Å². The topological polar surface area (TPSA) is 82.2 Å². The molecule has 0 spiro atoms. The number of esters is 1. The van der Waals surface area contributed by atoms with E-state index in [4.69, 9.17) is 4.74 Å². The number of halogens is 2. The number of benzene rings is 2. The molecule has 3 amide bonds. The van der Waals surface area contributed by atoms with Crippen LogP contribution in [0.25, 0.3) is 0 Å². The molecule has 0 radical (unpaired) electrons. The van der Waals surface area contributed by atoms with Gasteiger partial charge in [-0.2, -0.15) is 0 Å². The maximum absolute atomic E-state index is 14.2. The number of urea groups is 1. The van der Waals surface area contributed by atoms with Crippen molar-refractivity contribution in [2.24, 2.45) is 0 Å². The van der Waals surface area contributed by atoms with Crippen LogP contribution in [0, 0.1) is 11.6 Å². The van der Waals surface area contributed by atoms with Crippen molar-refractivity contribution in [3.05, 3.63) is 82.6 Å². The van der Waals surface area contributed by atoms with E-state index in [1.165, 1.54) is 41.3 Å². The number of likely N-dealkylation sites (N-methyl/N-ethyl adjacent to an activating group) is 1. The largest absolute Gasteiger partial charge is 0.463 e. The molecule has 1 fully saturated rings. The molecule has 2 heterocycles. The number of nitrogens with zero attached hydrogens (tertiary/aromatic N) is 3. The smallest absolute Gasteiger partial charge is 0.338 e. The summed E-state index contributed by atoms with van der Waals surface area (Å²) >= 11 is 0. The summed E-state index contributed by atoms with van der Waals surface area (Å²) in [5, 5.41) is 2.87. The third-order valence-corrected chi connectivity index (χ3v) is 6.81. The first kappa shape index (κ1) is 27.3. The Morgan fingerprint density at radius 1 is 1.00 bits per heavy atom. The van der Waals surface area contributed by atoms with Crippen LogP contribution in [0.1, 0.15) is 42.2 Å². The SMILES string of the molecule is CCOC(=O)C1=C(CN2CCCN(C(=O)c3ccccc3F)CC2)N(CC)C(=O)N[C@H]1c1ccc(F)cc1. The molecule has 38 heavy (non-hydrogen) atoms. The number of carbonyl (C=O) groups excluding carboxylic acids is 3. The third kappa shape index (κ3) is 5.85. The molecule has 8 nitrogen and oxygen atoms in total. The van der Waals surface area contributed by atoms with Gasteiger partial charge in [-0.15, -0.1) is 0 Å². The Morgan fingerprint density at radius 2 is 1.74 bits per heavy atom. The van der Waals surface area contributed by atoms with Crippen molar-refractivity contribution in [1.82, 2.24) is 20.0 Å². The lowest BCUT2D eigenvalue weighted by atomic mass is 9.94. The van der Waals surface area contributed by atoms with Crippen LogP contribution in [-0.2, 0) is 9.53 Å². The summed E-state index contributed by atoms with van der Waals surface area (Å²) in [6.45, 7) is 6.20. The lowest BCUT2D eigenvalue weighted by molar-refractivity contribution is -0.139. The molecular weight excluding hydrogens is 494 g/mol. The maximum Gasteiger partial charge on any atom is 0.338 e. The average Bonchev–Trinajstić information content (AvgIpc) is 3.14. The maximum atomic E-state index is 14.2. The van der Waals surface area contributed by atoms with Crippen molar-refractivity contribution in [2.45, 2.75) is 26.3 Å². The standard InChI is InChI=1S/C28H32F2N4O4/c1-3-34-23(18-32-14-7-15-33(17-16-32)26(35)21-8-5-6-9-22(21)30)24(27(36)38-4-2)25(31-28(34)37)19-10-12-20(29)13-11-19/h5-6,8-13,25H,3-4,7,14-18H2,1-2H3,(H,31,37)/t25-/m0/s1. The highest BCUT2D eigenvalue weighted by Gasteiger charge is 2.38. The first-order valence-corrected chi connectivity index (χ1v) is 12.8. The van der Waals surface area contributed by atoms with Gasteiger partial charge in [-0.1, -0.05) is 24.3 Å². The molecule has 0 bridgehead atoms. The molecule has 2 aromatic rings. The van der Waals surface area contributed by atoms with Crippen LogP contribution in [0.5, 0.6) is 0 Å². The lowest BCUT2D eigenvalue weighted by Crippen LogP contribution is -2.51. The minimum absolute atomic E-state index is 0.0384. The second kappa shape index (κ2) is 12.2. The first-order chi connectivity index (χ1) is 18.3. The summed E-state index contributed by atoms with van der Waals surface area (Å²) in [6, 6.07) is 10.4. The van der Waals surface area contributed by atoms with E-state index in [0.29, 0.717) is 56.0 Å². The zero-order valence-corrected chi connectivity index (χ0v) is 21.6. The second-order valence-electron chi connectivity index (χ2n) is 9.16. The number of hydrogen-bond donors (Lipinski definition) is 1. The van der Waals surface area contributed by atoms with Crippen molar-refractivity contribution >= 4 is 17.9 Å². The Hall–Kier alpha value is -3.79. The fraction of sp³-hybridized carbons (Fsp3) is 0.393. The van der Waals surface area contributed by atoms with E-state index in [-0.39, 0.29) is 30.7 Å². The number of rotatable bonds is 7. The van der Waals surface area contributed by atoms with Gasteiger partial charge in [-0.3, -0.25) is 14.6 Å². The van der Waals surface area contributed by atoms with Crippen LogP contribution < -0.4 is 5.32 Å². The normalized spacial score (nSPS) is 18.7. The monoisotopic (exact) mass is 526 g/mol. The highest BCUT2D eigenvalue weighted by Crippen LogP contribution is 2.32. The molecule has 0 aliphatic carbocycles. The van der Waals surface area contributed by atoms with E-state index in [1.54, 1.807) is 24.0 Å². The van der Waals surface area contributed by atoms with Crippen LogP contribution >= 0.6 is 0 Å². The van der Waals surface area contributed by atoms with E-state index in [2.05, 4.69) is 10.2 Å². The summed E-state index contributed by atoms with van der Waals surface area (Å²) in [6.07, 6.45) is 0.641. The summed E-state index contributed by atoms with van der Waals surface area (Å²) < 4.78 is 33.2. The highest BCUT2D eigenvalue weighted by atomic mass is 19.1. The number of ether oxygens (including phenoxy) is 1. The van der Waals surface area contributed by atoms with Gasteiger partial charge in [-0.05, 0) is 50.1 Å². The Balaban J connectivity index is 1.62. The van der Waals surface area contributed by atoms with Crippen molar-refractivity contribution in [3.63, 3.8) is 0 Å². The fourth-order valence-electron chi connectivity index (χ4n) is 4.91. The van der Waals surface area contributed by atoms with E-state index >= 15 is 0 Å². The summed E-state index contributed by atoms with van der Waals surface area (Å²) in [4.78, 5) is 44.5. The molecule has 1 atom stereocenters. The van der Waals surface area contributed by atoms with Gasteiger partial charge < -0.3 is 15.0 Å². The Kier molecular flexibility index (Phi) is 8.73. The summed E-state index contributed by atoms with van der Waals surface area (Å²) in [7, 11) is 0.